The molecule has 15 heavy (non-hydrogen) atoms. The van der Waals surface area contributed by atoms with E-state index in [0.717, 1.165) is 31.6 Å². The number of likely N-dealkylation sites (tertiary alicyclic amines) is 1. The lowest BCUT2D eigenvalue weighted by Crippen LogP contribution is -2.41. The monoisotopic (exact) mass is 225 g/mol. The number of thiazole rings is 1. The van der Waals surface area contributed by atoms with E-state index in [0.29, 0.717) is 5.92 Å². The Morgan fingerprint density at radius 3 is 2.73 bits per heavy atom. The average Bonchev–Trinajstić information content (AvgIpc) is 2.65. The molecule has 0 unspecified atom stereocenters. The van der Waals surface area contributed by atoms with Crippen LogP contribution >= 0.6 is 11.3 Å². The molecule has 0 aromatic carbocycles. The summed E-state index contributed by atoms with van der Waals surface area (Å²) in [6.45, 7) is 3.54. The number of aromatic nitrogens is 1. The molecule has 0 saturated carbocycles. The minimum absolute atomic E-state index is 0.302. The fourth-order valence-corrected chi connectivity index (χ4v) is 2.88. The number of amides is 2. The highest BCUT2D eigenvalue weighted by molar-refractivity contribution is 7.09. The van der Waals surface area contributed by atoms with E-state index in [-0.39, 0.29) is 6.03 Å². The maximum atomic E-state index is 10.9. The predicted octanol–water partition coefficient (Wildman–Crippen LogP) is 1.71. The topological polar surface area (TPSA) is 59.2 Å². The Kier molecular flexibility index (Phi) is 2.90. The Balaban J connectivity index is 1.96. The SMILES string of the molecule is Cc1csc(C2CCN(C(N)=O)CC2)n1. The molecule has 1 saturated heterocycles. The van der Waals surface area contributed by atoms with Crippen LogP contribution in [0.25, 0.3) is 0 Å². The summed E-state index contributed by atoms with van der Waals surface area (Å²) in [6.07, 6.45) is 1.96. The van der Waals surface area contributed by atoms with Crippen molar-refractivity contribution >= 4 is 17.4 Å². The molecule has 1 aliphatic rings. The van der Waals surface area contributed by atoms with Crippen molar-refractivity contribution < 1.29 is 4.79 Å². The lowest BCUT2D eigenvalue weighted by Gasteiger charge is -2.29. The molecule has 2 rings (SSSR count). The molecule has 5 heteroatoms. The highest BCUT2D eigenvalue weighted by Gasteiger charge is 2.23. The lowest BCUT2D eigenvalue weighted by molar-refractivity contribution is 0.190. The second-order valence-electron chi connectivity index (χ2n) is 3.93. The minimum Gasteiger partial charge on any atom is -0.351 e. The summed E-state index contributed by atoms with van der Waals surface area (Å²) >= 11 is 1.72. The van der Waals surface area contributed by atoms with Gasteiger partial charge in [0.2, 0.25) is 0 Å². The van der Waals surface area contributed by atoms with E-state index in [1.54, 1.807) is 16.2 Å². The summed E-state index contributed by atoms with van der Waals surface area (Å²) in [4.78, 5) is 17.1. The molecule has 1 aliphatic heterocycles. The zero-order chi connectivity index (χ0) is 10.8. The van der Waals surface area contributed by atoms with E-state index >= 15 is 0 Å². The molecule has 2 amide bonds. The number of aryl methyl sites for hydroxylation is 1. The Labute approximate surface area is 93.1 Å². The van der Waals surface area contributed by atoms with Crippen LogP contribution in [0, 0.1) is 6.92 Å². The van der Waals surface area contributed by atoms with E-state index in [1.807, 2.05) is 6.92 Å². The van der Waals surface area contributed by atoms with Crippen LogP contribution < -0.4 is 5.73 Å². The standard InChI is InChI=1S/C10H15N3OS/c1-7-6-15-9(12-7)8-2-4-13(5-3-8)10(11)14/h6,8H,2-5H2,1H3,(H2,11,14). The van der Waals surface area contributed by atoms with Gasteiger partial charge in [0.25, 0.3) is 0 Å². The van der Waals surface area contributed by atoms with Gasteiger partial charge in [-0.1, -0.05) is 0 Å². The van der Waals surface area contributed by atoms with E-state index in [9.17, 15) is 4.79 Å². The van der Waals surface area contributed by atoms with Gasteiger partial charge in [-0.2, -0.15) is 0 Å². The molecular weight excluding hydrogens is 210 g/mol. The van der Waals surface area contributed by atoms with Gasteiger partial charge in [0.1, 0.15) is 0 Å². The highest BCUT2D eigenvalue weighted by atomic mass is 32.1. The van der Waals surface area contributed by atoms with Crippen LogP contribution in [0.5, 0.6) is 0 Å². The van der Waals surface area contributed by atoms with Crippen molar-refractivity contribution in [3.63, 3.8) is 0 Å². The normalized spacial score (nSPS) is 18.1. The van der Waals surface area contributed by atoms with Gasteiger partial charge in [0.05, 0.1) is 5.01 Å². The molecule has 0 bridgehead atoms. The van der Waals surface area contributed by atoms with Gasteiger partial charge < -0.3 is 10.6 Å². The first-order chi connectivity index (χ1) is 7.16. The molecule has 0 aliphatic carbocycles. The van der Waals surface area contributed by atoms with Gasteiger partial charge in [0, 0.05) is 30.1 Å². The Morgan fingerprint density at radius 2 is 2.27 bits per heavy atom. The molecule has 0 atom stereocenters. The number of hydrogen-bond donors (Lipinski definition) is 1. The Bertz CT molecular complexity index is 355. The van der Waals surface area contributed by atoms with Crippen molar-refractivity contribution in [3.8, 4) is 0 Å². The summed E-state index contributed by atoms with van der Waals surface area (Å²) in [5.74, 6) is 0.513. The largest absolute Gasteiger partial charge is 0.351 e. The number of primary amides is 1. The first kappa shape index (κ1) is 10.4. The number of carbonyl (C=O) groups is 1. The molecular formula is C10H15N3OS. The number of piperidine rings is 1. The molecule has 1 fully saturated rings. The van der Waals surface area contributed by atoms with Crippen molar-refractivity contribution in [3.05, 3.63) is 16.1 Å². The fraction of sp³-hybridized carbons (Fsp3) is 0.600. The first-order valence-corrected chi connectivity index (χ1v) is 6.01. The summed E-state index contributed by atoms with van der Waals surface area (Å²) < 4.78 is 0. The molecule has 2 heterocycles. The molecule has 4 nitrogen and oxygen atoms in total. The second-order valence-corrected chi connectivity index (χ2v) is 4.82. The second kappa shape index (κ2) is 4.18. The van der Waals surface area contributed by atoms with Gasteiger partial charge >= 0.3 is 6.03 Å². The van der Waals surface area contributed by atoms with Crippen LogP contribution in [0.4, 0.5) is 4.79 Å². The molecule has 1 aromatic heterocycles. The van der Waals surface area contributed by atoms with Gasteiger partial charge in [-0.25, -0.2) is 9.78 Å². The van der Waals surface area contributed by atoms with Crippen molar-refractivity contribution in [2.24, 2.45) is 5.73 Å². The maximum absolute atomic E-state index is 10.9. The molecule has 82 valence electrons. The number of urea groups is 1. The summed E-state index contributed by atoms with van der Waals surface area (Å²) in [5, 5.41) is 3.28. The van der Waals surface area contributed by atoms with Crippen LogP contribution in [0.1, 0.15) is 29.5 Å². The van der Waals surface area contributed by atoms with Crippen molar-refractivity contribution in [1.82, 2.24) is 9.88 Å². The Hall–Kier alpha value is -1.10. The highest BCUT2D eigenvalue weighted by Crippen LogP contribution is 2.29. The molecule has 1 aromatic rings. The Morgan fingerprint density at radius 1 is 1.60 bits per heavy atom. The fourth-order valence-electron chi connectivity index (χ4n) is 1.91. The van der Waals surface area contributed by atoms with E-state index < -0.39 is 0 Å². The molecule has 0 radical (unpaired) electrons. The smallest absolute Gasteiger partial charge is 0.314 e. The van der Waals surface area contributed by atoms with E-state index in [2.05, 4.69) is 10.4 Å². The van der Waals surface area contributed by atoms with Crippen LogP contribution in [0.3, 0.4) is 0 Å². The van der Waals surface area contributed by atoms with E-state index in [4.69, 9.17) is 5.73 Å². The number of carbonyl (C=O) groups excluding carboxylic acids is 1. The number of nitrogens with two attached hydrogens (primary N) is 1. The average molecular weight is 225 g/mol. The zero-order valence-electron chi connectivity index (χ0n) is 8.77. The van der Waals surface area contributed by atoms with Gasteiger partial charge in [-0.05, 0) is 19.8 Å². The number of nitrogens with zero attached hydrogens (tertiary/aromatic N) is 2. The van der Waals surface area contributed by atoms with Crippen molar-refractivity contribution in [1.29, 1.82) is 0 Å². The van der Waals surface area contributed by atoms with Crippen LogP contribution in [0.2, 0.25) is 0 Å². The number of hydrogen-bond acceptors (Lipinski definition) is 3. The predicted molar refractivity (Wildman–Crippen MR) is 60.0 cm³/mol. The summed E-state index contributed by atoms with van der Waals surface area (Å²) in [5.41, 5.74) is 6.32. The number of rotatable bonds is 1. The maximum Gasteiger partial charge on any atom is 0.314 e. The first-order valence-electron chi connectivity index (χ1n) is 5.13. The summed E-state index contributed by atoms with van der Waals surface area (Å²) in [7, 11) is 0. The zero-order valence-corrected chi connectivity index (χ0v) is 9.59. The quantitative estimate of drug-likeness (QED) is 0.791. The molecule has 2 N–H and O–H groups in total. The lowest BCUT2D eigenvalue weighted by atomic mass is 9.98. The van der Waals surface area contributed by atoms with Crippen molar-refractivity contribution in [2.45, 2.75) is 25.7 Å². The van der Waals surface area contributed by atoms with Crippen LogP contribution in [0.15, 0.2) is 5.38 Å². The van der Waals surface area contributed by atoms with Crippen molar-refractivity contribution in [2.75, 3.05) is 13.1 Å². The third-order valence-corrected chi connectivity index (χ3v) is 3.92. The summed E-state index contributed by atoms with van der Waals surface area (Å²) in [6, 6.07) is -0.302. The third kappa shape index (κ3) is 2.28. The van der Waals surface area contributed by atoms with Gasteiger partial charge in [0.15, 0.2) is 0 Å². The molecule has 0 spiro atoms. The minimum atomic E-state index is -0.302. The van der Waals surface area contributed by atoms with E-state index in [1.165, 1.54) is 5.01 Å². The van der Waals surface area contributed by atoms with Gasteiger partial charge in [-0.3, -0.25) is 0 Å². The van der Waals surface area contributed by atoms with Gasteiger partial charge in [-0.15, -0.1) is 11.3 Å². The van der Waals surface area contributed by atoms with Crippen LogP contribution in [-0.2, 0) is 0 Å². The van der Waals surface area contributed by atoms with Crippen LogP contribution in [-0.4, -0.2) is 29.0 Å². The third-order valence-electron chi connectivity index (χ3n) is 2.79.